The first-order chi connectivity index (χ1) is 6.83. The summed E-state index contributed by atoms with van der Waals surface area (Å²) in [6.07, 6.45) is 10.6. The Hall–Kier alpha value is 0.974. The smallest absolute Gasteiger partial charge is 0.185 e. The van der Waals surface area contributed by atoms with Crippen LogP contribution in [0.2, 0.25) is 38.3 Å². The zero-order chi connectivity index (χ0) is 12.5. The lowest BCUT2D eigenvalue weighted by Gasteiger charge is -2.31. The molecule has 0 aromatic carbocycles. The van der Waals surface area contributed by atoms with Gasteiger partial charge in [0.25, 0.3) is 0 Å². The molecule has 0 aliphatic heterocycles. The number of hydrogen-bond donors (Lipinski definition) is 0. The standard InChI is InChI=1S/C10H18OSi2.I2/c1-7-9-12(3,4)11-13(5,6)10-8-2;1-2/h1-2H,9-10H2,3-6H3;. The van der Waals surface area contributed by atoms with Crippen LogP contribution in [0.3, 0.4) is 0 Å². The van der Waals surface area contributed by atoms with E-state index in [0.29, 0.717) is 0 Å². The van der Waals surface area contributed by atoms with Gasteiger partial charge in [0.1, 0.15) is 0 Å². The molecule has 0 atom stereocenters. The zero-order valence-corrected chi connectivity index (χ0v) is 16.0. The van der Waals surface area contributed by atoms with Gasteiger partial charge in [-0.2, -0.15) is 0 Å². The Morgan fingerprint density at radius 1 is 0.933 bits per heavy atom. The Bertz CT molecular complexity index is 225. The topological polar surface area (TPSA) is 9.23 Å². The van der Waals surface area contributed by atoms with Crippen molar-refractivity contribution in [3.8, 4) is 24.7 Å². The summed E-state index contributed by atoms with van der Waals surface area (Å²) in [4.78, 5) is 0. The highest BCUT2D eigenvalue weighted by Gasteiger charge is 2.31. The minimum atomic E-state index is -1.65. The second-order valence-electron chi connectivity index (χ2n) is 4.38. The number of halogens is 2. The Kier molecular flexibility index (Phi) is 11.1. The normalized spacial score (nSPS) is 10.7. The molecule has 0 aromatic heterocycles. The molecule has 0 spiro atoms. The second-order valence-corrected chi connectivity index (χ2v) is 12.9. The van der Waals surface area contributed by atoms with Crippen molar-refractivity contribution in [1.29, 1.82) is 0 Å². The summed E-state index contributed by atoms with van der Waals surface area (Å²) in [5, 5.41) is 0. The predicted octanol–water partition coefficient (Wildman–Crippen LogP) is 4.45. The molecular formula is C10H18I2OSi2. The lowest BCUT2D eigenvalue weighted by molar-refractivity contribution is 0.550. The Morgan fingerprint density at radius 3 is 1.40 bits per heavy atom. The number of terminal acetylenes is 2. The van der Waals surface area contributed by atoms with E-state index in [1.807, 2.05) is 0 Å². The summed E-state index contributed by atoms with van der Waals surface area (Å²) in [6.45, 7) is 8.60. The van der Waals surface area contributed by atoms with E-state index in [0.717, 1.165) is 12.1 Å². The molecule has 86 valence electrons. The molecule has 0 aromatic rings. The molecule has 0 fully saturated rings. The van der Waals surface area contributed by atoms with Gasteiger partial charge in [-0.15, -0.1) is 24.7 Å². The van der Waals surface area contributed by atoms with Gasteiger partial charge in [-0.25, -0.2) is 0 Å². The first-order valence-corrected chi connectivity index (χ1v) is 17.1. The summed E-state index contributed by atoms with van der Waals surface area (Å²) in [5.74, 6) is 5.36. The monoisotopic (exact) mass is 464 g/mol. The molecule has 0 N–H and O–H groups in total. The zero-order valence-electron chi connectivity index (χ0n) is 9.73. The van der Waals surface area contributed by atoms with Crippen LogP contribution in [-0.2, 0) is 4.12 Å². The van der Waals surface area contributed by atoms with Crippen molar-refractivity contribution in [3.63, 3.8) is 0 Å². The Balaban J connectivity index is 0. The molecule has 0 unspecified atom stereocenters. The van der Waals surface area contributed by atoms with E-state index in [1.165, 1.54) is 0 Å². The van der Waals surface area contributed by atoms with E-state index in [-0.39, 0.29) is 0 Å². The fourth-order valence-electron chi connectivity index (χ4n) is 1.31. The van der Waals surface area contributed by atoms with Crippen LogP contribution >= 0.6 is 37.2 Å². The largest absolute Gasteiger partial charge is 0.454 e. The maximum Gasteiger partial charge on any atom is 0.185 e. The highest BCUT2D eigenvalue weighted by atomic mass is 128. The van der Waals surface area contributed by atoms with Gasteiger partial charge < -0.3 is 4.12 Å². The van der Waals surface area contributed by atoms with Crippen LogP contribution in [0.4, 0.5) is 0 Å². The fourth-order valence-corrected chi connectivity index (χ4v) is 8.86. The molecule has 0 aliphatic carbocycles. The molecule has 5 heteroatoms. The molecule has 0 amide bonds. The van der Waals surface area contributed by atoms with Crippen molar-refractivity contribution >= 4 is 53.9 Å². The number of rotatable bonds is 4. The van der Waals surface area contributed by atoms with Crippen LogP contribution in [0.5, 0.6) is 0 Å². The lowest BCUT2D eigenvalue weighted by atomic mass is 10.8. The Morgan fingerprint density at radius 2 is 1.20 bits per heavy atom. The highest BCUT2D eigenvalue weighted by Crippen LogP contribution is 2.20. The lowest BCUT2D eigenvalue weighted by Crippen LogP contribution is -2.43. The Labute approximate surface area is 120 Å². The molecule has 0 heterocycles. The molecule has 0 saturated heterocycles. The van der Waals surface area contributed by atoms with Crippen molar-refractivity contribution in [1.82, 2.24) is 0 Å². The predicted molar refractivity (Wildman–Crippen MR) is 91.4 cm³/mol. The van der Waals surface area contributed by atoms with Gasteiger partial charge in [-0.3, -0.25) is 0 Å². The van der Waals surface area contributed by atoms with Crippen molar-refractivity contribution in [3.05, 3.63) is 0 Å². The molecular weight excluding hydrogens is 446 g/mol. The fraction of sp³-hybridized carbons (Fsp3) is 0.600. The first kappa shape index (κ1) is 18.3. The van der Waals surface area contributed by atoms with Gasteiger partial charge in [0, 0.05) is 49.3 Å². The van der Waals surface area contributed by atoms with E-state index in [2.05, 4.69) is 75.3 Å². The molecule has 0 radical (unpaired) electrons. The van der Waals surface area contributed by atoms with Crippen LogP contribution in [0.15, 0.2) is 0 Å². The van der Waals surface area contributed by atoms with E-state index < -0.39 is 16.6 Å². The maximum absolute atomic E-state index is 6.10. The molecule has 0 saturated carbocycles. The van der Waals surface area contributed by atoms with Gasteiger partial charge in [0.2, 0.25) is 0 Å². The molecule has 15 heavy (non-hydrogen) atoms. The van der Waals surface area contributed by atoms with Gasteiger partial charge in [-0.05, 0) is 26.2 Å². The van der Waals surface area contributed by atoms with Crippen LogP contribution in [-0.4, -0.2) is 16.6 Å². The molecule has 1 nitrogen and oxygen atoms in total. The summed E-state index contributed by atoms with van der Waals surface area (Å²) >= 11 is 4.24. The maximum atomic E-state index is 6.10. The summed E-state index contributed by atoms with van der Waals surface area (Å²) in [7, 11) is -3.29. The SMILES string of the molecule is C#CC[Si](C)(C)O[Si](C)(C)CC#C.II. The molecule has 0 rings (SSSR count). The van der Waals surface area contributed by atoms with Crippen LogP contribution in [0.1, 0.15) is 0 Å². The van der Waals surface area contributed by atoms with E-state index in [1.54, 1.807) is 0 Å². The quantitative estimate of drug-likeness (QED) is 0.340. The van der Waals surface area contributed by atoms with Gasteiger partial charge >= 0.3 is 0 Å². The van der Waals surface area contributed by atoms with Crippen molar-refractivity contribution in [2.24, 2.45) is 0 Å². The van der Waals surface area contributed by atoms with E-state index >= 15 is 0 Å². The van der Waals surface area contributed by atoms with Gasteiger partial charge in [0.05, 0.1) is 0 Å². The van der Waals surface area contributed by atoms with E-state index in [4.69, 9.17) is 17.0 Å². The van der Waals surface area contributed by atoms with Gasteiger partial charge in [0.15, 0.2) is 16.6 Å². The third-order valence-corrected chi connectivity index (χ3v) is 8.14. The van der Waals surface area contributed by atoms with E-state index in [9.17, 15) is 0 Å². The average Bonchev–Trinajstić information content (AvgIpc) is 2.04. The second kappa shape index (κ2) is 9.05. The first-order valence-electron chi connectivity index (χ1n) is 4.54. The minimum Gasteiger partial charge on any atom is -0.454 e. The minimum absolute atomic E-state index is 0.772. The molecule has 0 aliphatic rings. The van der Waals surface area contributed by atoms with Crippen LogP contribution < -0.4 is 0 Å². The third kappa shape index (κ3) is 11.2. The third-order valence-electron chi connectivity index (χ3n) is 1.61. The summed E-state index contributed by atoms with van der Waals surface area (Å²) in [5.41, 5.74) is 0. The highest BCUT2D eigenvalue weighted by molar-refractivity contribution is 15.0. The molecule has 0 bridgehead atoms. The summed E-state index contributed by atoms with van der Waals surface area (Å²) < 4.78 is 6.10. The van der Waals surface area contributed by atoms with Crippen LogP contribution in [0, 0.1) is 24.7 Å². The van der Waals surface area contributed by atoms with Crippen molar-refractivity contribution in [2.45, 2.75) is 38.3 Å². The average molecular weight is 464 g/mol. The van der Waals surface area contributed by atoms with Crippen molar-refractivity contribution < 1.29 is 4.12 Å². The van der Waals surface area contributed by atoms with Crippen molar-refractivity contribution in [2.75, 3.05) is 0 Å². The number of hydrogen-bond acceptors (Lipinski definition) is 1. The van der Waals surface area contributed by atoms with Crippen LogP contribution in [0.25, 0.3) is 0 Å². The van der Waals surface area contributed by atoms with Gasteiger partial charge in [-0.1, -0.05) is 0 Å². The summed E-state index contributed by atoms with van der Waals surface area (Å²) in [6, 6.07) is 1.54.